The fourth-order valence-corrected chi connectivity index (χ4v) is 2.26. The number of hydrogen-bond donors (Lipinski definition) is 2. The lowest BCUT2D eigenvalue weighted by atomic mass is 9.99. The third-order valence-corrected chi connectivity index (χ3v) is 3.44. The largest absolute Gasteiger partial charge is 0.356 e. The molecule has 0 aromatic rings. The Hall–Kier alpha value is -0.420. The maximum absolute atomic E-state index is 11.6. The van der Waals surface area contributed by atoms with Gasteiger partial charge in [-0.05, 0) is 25.8 Å². The zero-order valence-corrected chi connectivity index (χ0v) is 10.1. The minimum atomic E-state index is -0.749. The summed E-state index contributed by atoms with van der Waals surface area (Å²) in [6, 6.07) is 0. The van der Waals surface area contributed by atoms with Crippen LogP contribution in [0.5, 0.6) is 0 Å². The Balaban J connectivity index is 2.09. The van der Waals surface area contributed by atoms with Crippen molar-refractivity contribution in [2.45, 2.75) is 19.3 Å². The van der Waals surface area contributed by atoms with E-state index in [1.807, 2.05) is 0 Å². The molecule has 1 saturated heterocycles. The van der Waals surface area contributed by atoms with Crippen LogP contribution >= 0.6 is 0 Å². The molecule has 1 aliphatic heterocycles. The molecule has 4 nitrogen and oxygen atoms in total. The van der Waals surface area contributed by atoms with Crippen LogP contribution in [0.4, 0.5) is 0 Å². The molecule has 15 heavy (non-hydrogen) atoms. The zero-order valence-electron chi connectivity index (χ0n) is 9.25. The van der Waals surface area contributed by atoms with E-state index in [0.717, 1.165) is 32.4 Å². The molecule has 2 atom stereocenters. The molecule has 0 aliphatic carbocycles. The molecule has 1 amide bonds. The van der Waals surface area contributed by atoms with Crippen molar-refractivity contribution in [1.29, 1.82) is 0 Å². The van der Waals surface area contributed by atoms with Crippen molar-refractivity contribution in [1.82, 2.24) is 10.6 Å². The molecule has 0 saturated carbocycles. The van der Waals surface area contributed by atoms with E-state index in [0.29, 0.717) is 12.3 Å². The topological polar surface area (TPSA) is 58.2 Å². The van der Waals surface area contributed by atoms with Crippen LogP contribution in [0.25, 0.3) is 0 Å². The third-order valence-electron chi connectivity index (χ3n) is 2.58. The monoisotopic (exact) mass is 232 g/mol. The first kappa shape index (κ1) is 12.6. The first-order valence-electron chi connectivity index (χ1n) is 5.48. The fraction of sp³-hybridized carbons (Fsp3) is 0.900. The normalized spacial score (nSPS) is 23.4. The third kappa shape index (κ3) is 5.28. The lowest BCUT2D eigenvalue weighted by Gasteiger charge is -2.21. The maximum atomic E-state index is 11.6. The van der Waals surface area contributed by atoms with Gasteiger partial charge in [-0.1, -0.05) is 0 Å². The number of nitrogens with one attached hydrogen (secondary N) is 2. The number of carbonyl (C=O) groups is 1. The van der Waals surface area contributed by atoms with E-state index in [-0.39, 0.29) is 11.8 Å². The molecule has 1 rings (SSSR count). The fourth-order valence-electron chi connectivity index (χ4n) is 1.71. The van der Waals surface area contributed by atoms with Gasteiger partial charge in [-0.15, -0.1) is 0 Å². The average molecular weight is 232 g/mol. The van der Waals surface area contributed by atoms with Crippen molar-refractivity contribution in [3.63, 3.8) is 0 Å². The second-order valence-electron chi connectivity index (χ2n) is 3.97. The van der Waals surface area contributed by atoms with E-state index in [4.69, 9.17) is 0 Å². The summed E-state index contributed by atoms with van der Waals surface area (Å²) in [4.78, 5) is 11.6. The summed E-state index contributed by atoms with van der Waals surface area (Å²) in [5, 5.41) is 6.11. The van der Waals surface area contributed by atoms with E-state index >= 15 is 0 Å². The molecule has 0 spiro atoms. The van der Waals surface area contributed by atoms with Gasteiger partial charge in [0.25, 0.3) is 0 Å². The quantitative estimate of drug-likeness (QED) is 0.649. The van der Waals surface area contributed by atoms with Crippen LogP contribution in [-0.2, 0) is 15.6 Å². The van der Waals surface area contributed by atoms with Crippen LogP contribution in [0, 0.1) is 5.92 Å². The highest BCUT2D eigenvalue weighted by Crippen LogP contribution is 2.09. The van der Waals surface area contributed by atoms with Crippen LogP contribution in [-0.4, -0.2) is 41.8 Å². The smallest absolute Gasteiger partial charge is 0.224 e. The van der Waals surface area contributed by atoms with Crippen LogP contribution in [0.3, 0.4) is 0 Å². The molecule has 0 radical (unpaired) electrons. The Bertz CT molecular complexity index is 227. The molecule has 1 heterocycles. The number of rotatable bonds is 5. The van der Waals surface area contributed by atoms with Crippen molar-refractivity contribution in [3.8, 4) is 0 Å². The van der Waals surface area contributed by atoms with Gasteiger partial charge in [-0.2, -0.15) is 0 Å². The van der Waals surface area contributed by atoms with Crippen LogP contribution in [0.2, 0.25) is 0 Å². The Labute approximate surface area is 93.7 Å². The Morgan fingerprint density at radius 2 is 2.40 bits per heavy atom. The molecule has 0 aromatic carbocycles. The molecule has 88 valence electrons. The van der Waals surface area contributed by atoms with Gasteiger partial charge in [0, 0.05) is 35.9 Å². The molecular weight excluding hydrogens is 212 g/mol. The molecule has 2 N–H and O–H groups in total. The van der Waals surface area contributed by atoms with E-state index in [1.54, 1.807) is 6.26 Å². The van der Waals surface area contributed by atoms with Gasteiger partial charge in [-0.25, -0.2) is 0 Å². The number of carbonyl (C=O) groups excluding carboxylic acids is 1. The first-order valence-corrected chi connectivity index (χ1v) is 7.21. The van der Waals surface area contributed by atoms with Crippen LogP contribution < -0.4 is 10.6 Å². The predicted octanol–water partition coefficient (Wildman–Crippen LogP) is -0.129. The van der Waals surface area contributed by atoms with Gasteiger partial charge in [0.1, 0.15) is 0 Å². The van der Waals surface area contributed by atoms with Crippen molar-refractivity contribution in [3.05, 3.63) is 0 Å². The summed E-state index contributed by atoms with van der Waals surface area (Å²) in [7, 11) is -0.749. The summed E-state index contributed by atoms with van der Waals surface area (Å²) < 4.78 is 10.8. The molecule has 1 fully saturated rings. The molecule has 0 bridgehead atoms. The summed E-state index contributed by atoms with van der Waals surface area (Å²) in [6.07, 6.45) is 4.55. The molecule has 1 aliphatic rings. The van der Waals surface area contributed by atoms with Crippen molar-refractivity contribution in [2.24, 2.45) is 5.92 Å². The highest BCUT2D eigenvalue weighted by atomic mass is 32.2. The van der Waals surface area contributed by atoms with E-state index in [9.17, 15) is 9.00 Å². The lowest BCUT2D eigenvalue weighted by molar-refractivity contribution is -0.125. The zero-order chi connectivity index (χ0) is 11.1. The Morgan fingerprint density at radius 1 is 1.60 bits per heavy atom. The molecular formula is C10H20N2O2S. The Kier molecular flexibility index (Phi) is 5.86. The number of amides is 1. The van der Waals surface area contributed by atoms with Gasteiger partial charge in [0.15, 0.2) is 0 Å². The van der Waals surface area contributed by atoms with Gasteiger partial charge in [-0.3, -0.25) is 9.00 Å². The number of hydrogen-bond acceptors (Lipinski definition) is 3. The minimum Gasteiger partial charge on any atom is -0.356 e. The second kappa shape index (κ2) is 6.95. The standard InChI is InChI=1S/C10H20N2O2S/c1-15(14)7-3-6-12-10(13)9-4-2-5-11-8-9/h9,11H,2-8H2,1H3,(H,12,13)/t9-,15?/m1/s1. The average Bonchev–Trinajstić information content (AvgIpc) is 2.25. The van der Waals surface area contributed by atoms with Gasteiger partial charge < -0.3 is 10.6 Å². The first-order chi connectivity index (χ1) is 7.20. The van der Waals surface area contributed by atoms with Crippen LogP contribution in [0.15, 0.2) is 0 Å². The van der Waals surface area contributed by atoms with E-state index in [1.165, 1.54) is 0 Å². The minimum absolute atomic E-state index is 0.130. The molecule has 5 heteroatoms. The lowest BCUT2D eigenvalue weighted by Crippen LogP contribution is -2.40. The van der Waals surface area contributed by atoms with Gasteiger partial charge in [0.05, 0.1) is 5.92 Å². The predicted molar refractivity (Wildman–Crippen MR) is 62.2 cm³/mol. The van der Waals surface area contributed by atoms with Crippen LogP contribution in [0.1, 0.15) is 19.3 Å². The van der Waals surface area contributed by atoms with Crippen molar-refractivity contribution >= 4 is 16.7 Å². The summed E-state index contributed by atoms with van der Waals surface area (Å²) in [5.74, 6) is 0.943. The SMILES string of the molecule is CS(=O)CCCNC(=O)[C@@H]1CCCNC1. The highest BCUT2D eigenvalue weighted by molar-refractivity contribution is 7.84. The van der Waals surface area contributed by atoms with E-state index in [2.05, 4.69) is 10.6 Å². The highest BCUT2D eigenvalue weighted by Gasteiger charge is 2.19. The maximum Gasteiger partial charge on any atom is 0.224 e. The van der Waals surface area contributed by atoms with Gasteiger partial charge >= 0.3 is 0 Å². The molecule has 1 unspecified atom stereocenters. The van der Waals surface area contributed by atoms with Crippen molar-refractivity contribution < 1.29 is 9.00 Å². The van der Waals surface area contributed by atoms with E-state index < -0.39 is 10.8 Å². The number of piperidine rings is 1. The summed E-state index contributed by atoms with van der Waals surface area (Å²) in [5.41, 5.74) is 0. The summed E-state index contributed by atoms with van der Waals surface area (Å²) >= 11 is 0. The van der Waals surface area contributed by atoms with Gasteiger partial charge in [0.2, 0.25) is 5.91 Å². The Morgan fingerprint density at radius 3 is 3.00 bits per heavy atom. The molecule has 0 aromatic heterocycles. The second-order valence-corrected chi connectivity index (χ2v) is 5.52. The summed E-state index contributed by atoms with van der Waals surface area (Å²) in [6.45, 7) is 2.47. The van der Waals surface area contributed by atoms with Crippen molar-refractivity contribution in [2.75, 3.05) is 31.6 Å².